The summed E-state index contributed by atoms with van der Waals surface area (Å²) in [6.45, 7) is 9.83. The number of amides is 1. The summed E-state index contributed by atoms with van der Waals surface area (Å²) in [6.07, 6.45) is 0.577. The van der Waals surface area contributed by atoms with Crippen LogP contribution in [0.25, 0.3) is 0 Å². The lowest BCUT2D eigenvalue weighted by Crippen LogP contribution is -2.30. The van der Waals surface area contributed by atoms with E-state index >= 15 is 0 Å². The summed E-state index contributed by atoms with van der Waals surface area (Å²) in [5.41, 5.74) is 1.88. The molecule has 0 aromatic heterocycles. The van der Waals surface area contributed by atoms with Crippen LogP contribution in [0.2, 0.25) is 0 Å². The number of carbonyl (C=O) groups is 2. The van der Waals surface area contributed by atoms with Crippen LogP contribution in [0.1, 0.15) is 44.4 Å². The summed E-state index contributed by atoms with van der Waals surface area (Å²) in [5.74, 6) is -0.992. The SMILES string of the molecule is C=CCOC(=O)N[C@H](CC(=O)O)c1ccc(C(C)(C)C)cc1. The van der Waals surface area contributed by atoms with Crippen LogP contribution < -0.4 is 5.32 Å². The zero-order valence-electron chi connectivity index (χ0n) is 13.3. The number of carboxylic acid groups (broad SMARTS) is 1. The highest BCUT2D eigenvalue weighted by atomic mass is 16.5. The molecule has 0 spiro atoms. The molecule has 0 aliphatic rings. The van der Waals surface area contributed by atoms with Crippen LogP contribution >= 0.6 is 0 Å². The Morgan fingerprint density at radius 1 is 1.32 bits per heavy atom. The molecule has 0 aliphatic heterocycles. The fourth-order valence-electron chi connectivity index (χ4n) is 1.96. The summed E-state index contributed by atoms with van der Waals surface area (Å²) < 4.78 is 4.84. The lowest BCUT2D eigenvalue weighted by molar-refractivity contribution is -0.137. The average molecular weight is 305 g/mol. The van der Waals surface area contributed by atoms with Gasteiger partial charge < -0.3 is 15.2 Å². The number of alkyl carbamates (subject to hydrolysis) is 1. The molecule has 0 unspecified atom stereocenters. The Labute approximate surface area is 131 Å². The van der Waals surface area contributed by atoms with Crippen molar-refractivity contribution in [1.82, 2.24) is 5.32 Å². The van der Waals surface area contributed by atoms with Gasteiger partial charge in [0.05, 0.1) is 12.5 Å². The second-order valence-electron chi connectivity index (χ2n) is 6.05. The lowest BCUT2D eigenvalue weighted by Gasteiger charge is -2.21. The summed E-state index contributed by atoms with van der Waals surface area (Å²) in [7, 11) is 0. The Morgan fingerprint density at radius 3 is 2.36 bits per heavy atom. The smallest absolute Gasteiger partial charge is 0.407 e. The van der Waals surface area contributed by atoms with E-state index in [4.69, 9.17) is 9.84 Å². The molecule has 22 heavy (non-hydrogen) atoms. The van der Waals surface area contributed by atoms with E-state index in [0.29, 0.717) is 0 Å². The van der Waals surface area contributed by atoms with Crippen molar-refractivity contribution in [2.24, 2.45) is 0 Å². The maximum Gasteiger partial charge on any atom is 0.407 e. The molecule has 0 radical (unpaired) electrons. The molecule has 1 amide bonds. The third-order valence-electron chi connectivity index (χ3n) is 3.18. The maximum atomic E-state index is 11.6. The number of ether oxygens (including phenoxy) is 1. The van der Waals surface area contributed by atoms with Gasteiger partial charge >= 0.3 is 12.1 Å². The number of aliphatic carboxylic acids is 1. The van der Waals surface area contributed by atoms with Crippen molar-refractivity contribution in [2.45, 2.75) is 38.6 Å². The average Bonchev–Trinajstić information content (AvgIpc) is 2.43. The van der Waals surface area contributed by atoms with E-state index in [1.807, 2.05) is 24.3 Å². The van der Waals surface area contributed by atoms with Crippen LogP contribution in [-0.4, -0.2) is 23.8 Å². The molecule has 120 valence electrons. The number of nitrogens with one attached hydrogen (secondary N) is 1. The van der Waals surface area contributed by atoms with Crippen molar-refractivity contribution in [3.63, 3.8) is 0 Å². The van der Waals surface area contributed by atoms with Gasteiger partial charge in [0.2, 0.25) is 0 Å². The number of carbonyl (C=O) groups excluding carboxylic acids is 1. The molecule has 5 nitrogen and oxygen atoms in total. The molecule has 0 fully saturated rings. The molecule has 0 heterocycles. The van der Waals surface area contributed by atoms with Crippen LogP contribution in [0.3, 0.4) is 0 Å². The van der Waals surface area contributed by atoms with Gasteiger partial charge in [-0.2, -0.15) is 0 Å². The molecular weight excluding hydrogens is 282 g/mol. The maximum absolute atomic E-state index is 11.6. The van der Waals surface area contributed by atoms with Gasteiger partial charge in [0.15, 0.2) is 0 Å². The Hall–Kier alpha value is -2.30. The Morgan fingerprint density at radius 2 is 1.91 bits per heavy atom. The quantitative estimate of drug-likeness (QED) is 0.790. The summed E-state index contributed by atoms with van der Waals surface area (Å²) >= 11 is 0. The van der Waals surface area contributed by atoms with E-state index in [0.717, 1.165) is 11.1 Å². The van der Waals surface area contributed by atoms with Crippen LogP contribution in [0.5, 0.6) is 0 Å². The third kappa shape index (κ3) is 5.60. The molecule has 2 N–H and O–H groups in total. The van der Waals surface area contributed by atoms with Crippen LogP contribution in [0.15, 0.2) is 36.9 Å². The molecule has 0 bridgehead atoms. The van der Waals surface area contributed by atoms with Gasteiger partial charge in [-0.3, -0.25) is 4.79 Å². The normalized spacial score (nSPS) is 12.3. The minimum absolute atomic E-state index is 0.0111. The fraction of sp³-hybridized carbons (Fsp3) is 0.412. The van der Waals surface area contributed by atoms with E-state index in [1.54, 1.807) is 0 Å². The van der Waals surface area contributed by atoms with Gasteiger partial charge in [0.25, 0.3) is 0 Å². The molecular formula is C17H23NO4. The zero-order chi connectivity index (χ0) is 16.8. The molecule has 1 rings (SSSR count). The van der Waals surface area contributed by atoms with Gasteiger partial charge in [-0.25, -0.2) is 4.79 Å². The molecule has 1 aromatic carbocycles. The van der Waals surface area contributed by atoms with Crippen LogP contribution in [-0.2, 0) is 14.9 Å². The third-order valence-corrected chi connectivity index (χ3v) is 3.18. The van der Waals surface area contributed by atoms with E-state index in [1.165, 1.54) is 6.08 Å². The van der Waals surface area contributed by atoms with Crippen molar-refractivity contribution >= 4 is 12.1 Å². The highest BCUT2D eigenvalue weighted by Crippen LogP contribution is 2.25. The van der Waals surface area contributed by atoms with Crippen LogP contribution in [0.4, 0.5) is 4.79 Å². The Kier molecular flexibility index (Phi) is 6.16. The lowest BCUT2D eigenvalue weighted by atomic mass is 9.86. The molecule has 0 aliphatic carbocycles. The zero-order valence-corrected chi connectivity index (χ0v) is 13.3. The van der Waals surface area contributed by atoms with Crippen molar-refractivity contribution < 1.29 is 19.4 Å². The van der Waals surface area contributed by atoms with Gasteiger partial charge in [0, 0.05) is 0 Å². The molecule has 1 atom stereocenters. The van der Waals surface area contributed by atoms with Crippen molar-refractivity contribution in [1.29, 1.82) is 0 Å². The van der Waals surface area contributed by atoms with Gasteiger partial charge in [-0.15, -0.1) is 0 Å². The Bertz CT molecular complexity index is 529. The predicted molar refractivity (Wildman–Crippen MR) is 84.8 cm³/mol. The van der Waals surface area contributed by atoms with Gasteiger partial charge in [-0.05, 0) is 16.5 Å². The van der Waals surface area contributed by atoms with Crippen molar-refractivity contribution in [3.05, 3.63) is 48.0 Å². The van der Waals surface area contributed by atoms with Crippen molar-refractivity contribution in [2.75, 3.05) is 6.61 Å². The molecule has 0 saturated heterocycles. The monoisotopic (exact) mass is 305 g/mol. The highest BCUT2D eigenvalue weighted by Gasteiger charge is 2.20. The second-order valence-corrected chi connectivity index (χ2v) is 6.05. The number of hydrogen-bond acceptors (Lipinski definition) is 3. The van der Waals surface area contributed by atoms with E-state index < -0.39 is 18.1 Å². The minimum Gasteiger partial charge on any atom is -0.481 e. The minimum atomic E-state index is -0.992. The standard InChI is InChI=1S/C17H23NO4/c1-5-10-22-16(21)18-14(11-15(19)20)12-6-8-13(9-7-12)17(2,3)4/h5-9,14H,1,10-11H2,2-4H3,(H,18,21)(H,19,20)/t14-/m1/s1. The first kappa shape index (κ1) is 17.8. The van der Waals surface area contributed by atoms with E-state index in [9.17, 15) is 9.59 Å². The molecule has 5 heteroatoms. The predicted octanol–water partition coefficient (Wildman–Crippen LogP) is 3.41. The topological polar surface area (TPSA) is 75.6 Å². The van der Waals surface area contributed by atoms with Crippen LogP contribution in [0, 0.1) is 0 Å². The largest absolute Gasteiger partial charge is 0.481 e. The molecule has 0 saturated carbocycles. The number of hydrogen-bond donors (Lipinski definition) is 2. The summed E-state index contributed by atoms with van der Waals surface area (Å²) in [4.78, 5) is 22.6. The first-order valence-corrected chi connectivity index (χ1v) is 7.10. The second kappa shape index (κ2) is 7.64. The highest BCUT2D eigenvalue weighted by molar-refractivity contribution is 5.72. The number of carboxylic acids is 1. The summed E-state index contributed by atoms with van der Waals surface area (Å²) in [5, 5.41) is 11.6. The van der Waals surface area contributed by atoms with Gasteiger partial charge in [-0.1, -0.05) is 57.7 Å². The fourth-order valence-corrected chi connectivity index (χ4v) is 1.96. The van der Waals surface area contributed by atoms with E-state index in [-0.39, 0.29) is 18.4 Å². The molecule has 1 aromatic rings. The number of rotatable bonds is 6. The van der Waals surface area contributed by atoms with E-state index in [2.05, 4.69) is 32.7 Å². The Balaban J connectivity index is 2.89. The van der Waals surface area contributed by atoms with Gasteiger partial charge in [0.1, 0.15) is 6.61 Å². The van der Waals surface area contributed by atoms with Crippen molar-refractivity contribution in [3.8, 4) is 0 Å². The first-order chi connectivity index (χ1) is 10.2. The summed E-state index contributed by atoms with van der Waals surface area (Å²) in [6, 6.07) is 6.93. The number of benzene rings is 1. The first-order valence-electron chi connectivity index (χ1n) is 7.10.